The van der Waals surface area contributed by atoms with Gasteiger partial charge in [0.25, 0.3) is 0 Å². The molecule has 0 bridgehead atoms. The second-order valence-corrected chi connectivity index (χ2v) is 4.57. The Morgan fingerprint density at radius 3 is 2.50 bits per heavy atom. The third kappa shape index (κ3) is 2.51. The number of hydrogen-bond donors (Lipinski definition) is 2. The quantitative estimate of drug-likeness (QED) is 0.832. The second-order valence-electron chi connectivity index (χ2n) is 4.57. The molecular formula is C12H15FO3. The minimum atomic E-state index is -0.980. The zero-order valence-electron chi connectivity index (χ0n) is 9.54. The summed E-state index contributed by atoms with van der Waals surface area (Å²) in [5.74, 6) is -1.48. The van der Waals surface area contributed by atoms with Gasteiger partial charge in [0.15, 0.2) is 0 Å². The normalized spacial score (nSPS) is 11.5. The summed E-state index contributed by atoms with van der Waals surface area (Å²) in [6.45, 7) is 4.91. The number of aromatic hydroxyl groups is 1. The highest BCUT2D eigenvalue weighted by atomic mass is 19.1. The topological polar surface area (TPSA) is 57.5 Å². The van der Waals surface area contributed by atoms with Gasteiger partial charge in [-0.3, -0.25) is 4.79 Å². The highest BCUT2D eigenvalue weighted by Gasteiger charge is 2.28. The molecule has 2 N–H and O–H groups in total. The van der Waals surface area contributed by atoms with Crippen molar-refractivity contribution in [1.29, 1.82) is 0 Å². The maximum absolute atomic E-state index is 13.2. The first-order valence-electron chi connectivity index (χ1n) is 4.95. The number of phenolic OH excluding ortho intramolecular Hbond substituents is 1. The van der Waals surface area contributed by atoms with Crippen molar-refractivity contribution >= 4 is 5.97 Å². The fraction of sp³-hybridized carbons (Fsp3) is 0.417. The summed E-state index contributed by atoms with van der Waals surface area (Å²) in [4.78, 5) is 10.7. The summed E-state index contributed by atoms with van der Waals surface area (Å²) < 4.78 is 13.2. The van der Waals surface area contributed by atoms with E-state index in [0.717, 1.165) is 0 Å². The van der Waals surface area contributed by atoms with Crippen LogP contribution in [0.2, 0.25) is 0 Å². The standard InChI is InChI=1S/C12H15FO3/c1-7-4-8(13)5-9(11(7)16)12(2,3)6-10(14)15/h4-5,16H,6H2,1-3H3,(H,14,15). The van der Waals surface area contributed by atoms with Crippen LogP contribution in [0.15, 0.2) is 12.1 Å². The van der Waals surface area contributed by atoms with E-state index in [1.807, 2.05) is 0 Å². The Hall–Kier alpha value is -1.58. The van der Waals surface area contributed by atoms with Crippen molar-refractivity contribution in [2.45, 2.75) is 32.6 Å². The van der Waals surface area contributed by atoms with Gasteiger partial charge in [-0.25, -0.2) is 4.39 Å². The molecule has 0 aliphatic rings. The van der Waals surface area contributed by atoms with E-state index in [1.54, 1.807) is 20.8 Å². The molecule has 0 spiro atoms. The van der Waals surface area contributed by atoms with E-state index in [9.17, 15) is 14.3 Å². The second kappa shape index (κ2) is 4.12. The number of carbonyl (C=O) groups is 1. The molecule has 0 amide bonds. The number of aryl methyl sites for hydroxylation is 1. The highest BCUT2D eigenvalue weighted by Crippen LogP contribution is 2.36. The number of phenols is 1. The summed E-state index contributed by atoms with van der Waals surface area (Å²) in [5.41, 5.74) is -0.0659. The SMILES string of the molecule is Cc1cc(F)cc(C(C)(C)CC(=O)O)c1O. The van der Waals surface area contributed by atoms with Crippen molar-refractivity contribution < 1.29 is 19.4 Å². The molecule has 0 atom stereocenters. The molecule has 1 aromatic rings. The molecule has 0 aliphatic heterocycles. The van der Waals surface area contributed by atoms with Gasteiger partial charge in [0.2, 0.25) is 0 Å². The molecule has 0 aromatic heterocycles. The fourth-order valence-corrected chi connectivity index (χ4v) is 1.72. The maximum atomic E-state index is 13.2. The maximum Gasteiger partial charge on any atom is 0.304 e. The highest BCUT2D eigenvalue weighted by molar-refractivity contribution is 5.69. The summed E-state index contributed by atoms with van der Waals surface area (Å²) in [7, 11) is 0. The molecule has 88 valence electrons. The molecular weight excluding hydrogens is 211 g/mol. The van der Waals surface area contributed by atoms with Gasteiger partial charge in [0.1, 0.15) is 11.6 Å². The van der Waals surface area contributed by atoms with Crippen LogP contribution in [0.4, 0.5) is 4.39 Å². The van der Waals surface area contributed by atoms with Crippen LogP contribution in [0.25, 0.3) is 0 Å². The molecule has 1 aromatic carbocycles. The zero-order valence-corrected chi connectivity index (χ0v) is 9.54. The molecule has 4 heteroatoms. The Labute approximate surface area is 93.5 Å². The van der Waals surface area contributed by atoms with Crippen LogP contribution in [0, 0.1) is 12.7 Å². The van der Waals surface area contributed by atoms with E-state index in [0.29, 0.717) is 11.1 Å². The number of carboxylic acids is 1. The van der Waals surface area contributed by atoms with E-state index in [4.69, 9.17) is 5.11 Å². The van der Waals surface area contributed by atoms with Gasteiger partial charge in [0, 0.05) is 11.0 Å². The van der Waals surface area contributed by atoms with Crippen molar-refractivity contribution in [3.8, 4) is 5.75 Å². The van der Waals surface area contributed by atoms with Crippen LogP contribution in [0.1, 0.15) is 31.4 Å². The average Bonchev–Trinajstić information content (AvgIpc) is 2.08. The largest absolute Gasteiger partial charge is 0.507 e. The van der Waals surface area contributed by atoms with E-state index >= 15 is 0 Å². The first-order chi connectivity index (χ1) is 7.24. The molecule has 3 nitrogen and oxygen atoms in total. The van der Waals surface area contributed by atoms with E-state index in [1.165, 1.54) is 12.1 Å². The lowest BCUT2D eigenvalue weighted by Gasteiger charge is -2.24. The minimum absolute atomic E-state index is 0.0346. The summed E-state index contributed by atoms with van der Waals surface area (Å²) >= 11 is 0. The van der Waals surface area contributed by atoms with Gasteiger partial charge in [0.05, 0.1) is 6.42 Å². The van der Waals surface area contributed by atoms with E-state index in [2.05, 4.69) is 0 Å². The fourth-order valence-electron chi connectivity index (χ4n) is 1.72. The Kier molecular flexibility index (Phi) is 3.21. The summed E-state index contributed by atoms with van der Waals surface area (Å²) in [5, 5.41) is 18.6. The van der Waals surface area contributed by atoms with Crippen LogP contribution >= 0.6 is 0 Å². The minimum Gasteiger partial charge on any atom is -0.507 e. The van der Waals surface area contributed by atoms with Crippen LogP contribution in [-0.2, 0) is 10.2 Å². The molecule has 16 heavy (non-hydrogen) atoms. The van der Waals surface area contributed by atoms with Crippen LogP contribution in [-0.4, -0.2) is 16.2 Å². The predicted octanol–water partition coefficient (Wildman–Crippen LogP) is 2.59. The number of rotatable bonds is 3. The lowest BCUT2D eigenvalue weighted by atomic mass is 9.80. The molecule has 0 heterocycles. The van der Waals surface area contributed by atoms with Crippen molar-refractivity contribution in [3.63, 3.8) is 0 Å². The van der Waals surface area contributed by atoms with E-state index < -0.39 is 17.2 Å². The molecule has 0 saturated heterocycles. The Morgan fingerprint density at radius 1 is 1.44 bits per heavy atom. The predicted molar refractivity (Wildman–Crippen MR) is 58.1 cm³/mol. The molecule has 0 unspecified atom stereocenters. The molecule has 0 fully saturated rings. The first-order valence-corrected chi connectivity index (χ1v) is 4.95. The summed E-state index contributed by atoms with van der Waals surface area (Å²) in [6.07, 6.45) is -0.163. The lowest BCUT2D eigenvalue weighted by Crippen LogP contribution is -2.22. The van der Waals surface area contributed by atoms with Crippen molar-refractivity contribution in [2.75, 3.05) is 0 Å². The number of halogens is 1. The zero-order chi connectivity index (χ0) is 12.5. The van der Waals surface area contributed by atoms with E-state index in [-0.39, 0.29) is 12.2 Å². The summed E-state index contributed by atoms with van der Waals surface area (Å²) in [6, 6.07) is 2.40. The Bertz CT molecular complexity index is 425. The Balaban J connectivity index is 3.26. The van der Waals surface area contributed by atoms with Crippen molar-refractivity contribution in [1.82, 2.24) is 0 Å². The molecule has 0 radical (unpaired) electrons. The molecule has 0 saturated carbocycles. The Morgan fingerprint density at radius 2 is 2.00 bits per heavy atom. The van der Waals surface area contributed by atoms with Crippen LogP contribution in [0.3, 0.4) is 0 Å². The first kappa shape index (κ1) is 12.5. The average molecular weight is 226 g/mol. The van der Waals surface area contributed by atoms with Crippen molar-refractivity contribution in [2.24, 2.45) is 0 Å². The van der Waals surface area contributed by atoms with Gasteiger partial charge in [-0.15, -0.1) is 0 Å². The number of aliphatic carboxylic acids is 1. The third-order valence-corrected chi connectivity index (χ3v) is 2.59. The third-order valence-electron chi connectivity index (χ3n) is 2.59. The van der Waals surface area contributed by atoms with Gasteiger partial charge >= 0.3 is 5.97 Å². The van der Waals surface area contributed by atoms with Gasteiger partial charge in [-0.1, -0.05) is 13.8 Å². The van der Waals surface area contributed by atoms with Gasteiger partial charge in [-0.05, 0) is 24.6 Å². The number of carboxylic acid groups (broad SMARTS) is 1. The lowest BCUT2D eigenvalue weighted by molar-refractivity contribution is -0.138. The van der Waals surface area contributed by atoms with Crippen LogP contribution in [0.5, 0.6) is 5.75 Å². The number of benzene rings is 1. The van der Waals surface area contributed by atoms with Gasteiger partial charge in [-0.2, -0.15) is 0 Å². The van der Waals surface area contributed by atoms with Gasteiger partial charge < -0.3 is 10.2 Å². The molecule has 0 aliphatic carbocycles. The smallest absolute Gasteiger partial charge is 0.304 e. The molecule has 1 rings (SSSR count). The van der Waals surface area contributed by atoms with Crippen molar-refractivity contribution in [3.05, 3.63) is 29.1 Å². The number of hydrogen-bond acceptors (Lipinski definition) is 2. The van der Waals surface area contributed by atoms with Crippen LogP contribution < -0.4 is 0 Å². The monoisotopic (exact) mass is 226 g/mol.